The summed E-state index contributed by atoms with van der Waals surface area (Å²) in [6, 6.07) is 1.10. The van der Waals surface area contributed by atoms with Crippen LogP contribution in [0.4, 0.5) is 0 Å². The van der Waals surface area contributed by atoms with Crippen molar-refractivity contribution in [2.45, 2.75) is 45.7 Å². The Kier molecular flexibility index (Phi) is 4.54. The number of thiazole rings is 1. The van der Waals surface area contributed by atoms with Crippen LogP contribution in [0.25, 0.3) is 0 Å². The first-order chi connectivity index (χ1) is 8.20. The number of aromatic nitrogens is 1. The molecule has 1 aromatic rings. The van der Waals surface area contributed by atoms with Crippen LogP contribution in [-0.4, -0.2) is 35.6 Å². The Morgan fingerprint density at radius 2 is 2.47 bits per heavy atom. The van der Waals surface area contributed by atoms with Gasteiger partial charge in [-0.3, -0.25) is 4.90 Å². The SMILES string of the molecule is CCC1CN(C(C)c2nc(C)cs2)CCCN1. The van der Waals surface area contributed by atoms with E-state index in [0.717, 1.165) is 18.8 Å². The van der Waals surface area contributed by atoms with Gasteiger partial charge >= 0.3 is 0 Å². The molecule has 17 heavy (non-hydrogen) atoms. The smallest absolute Gasteiger partial charge is 0.110 e. The molecule has 1 aliphatic heterocycles. The minimum absolute atomic E-state index is 0.461. The van der Waals surface area contributed by atoms with Gasteiger partial charge in [-0.1, -0.05) is 6.92 Å². The number of hydrogen-bond acceptors (Lipinski definition) is 4. The van der Waals surface area contributed by atoms with E-state index >= 15 is 0 Å². The molecule has 4 heteroatoms. The monoisotopic (exact) mass is 253 g/mol. The zero-order valence-corrected chi connectivity index (χ0v) is 11.9. The molecule has 0 aliphatic carbocycles. The zero-order valence-electron chi connectivity index (χ0n) is 11.1. The predicted octanol–water partition coefficient (Wildman–Crippen LogP) is 2.59. The molecule has 96 valence electrons. The van der Waals surface area contributed by atoms with Crippen LogP contribution in [0.15, 0.2) is 5.38 Å². The van der Waals surface area contributed by atoms with Gasteiger partial charge in [0.2, 0.25) is 0 Å². The van der Waals surface area contributed by atoms with Gasteiger partial charge in [-0.25, -0.2) is 4.98 Å². The van der Waals surface area contributed by atoms with Crippen LogP contribution < -0.4 is 5.32 Å². The summed E-state index contributed by atoms with van der Waals surface area (Å²) in [5.41, 5.74) is 1.15. The van der Waals surface area contributed by atoms with Crippen molar-refractivity contribution in [1.82, 2.24) is 15.2 Å². The number of nitrogens with one attached hydrogen (secondary N) is 1. The summed E-state index contributed by atoms with van der Waals surface area (Å²) in [5.74, 6) is 0. The molecule has 3 nitrogen and oxygen atoms in total. The van der Waals surface area contributed by atoms with Crippen LogP contribution in [0.3, 0.4) is 0 Å². The third-order valence-corrected chi connectivity index (χ3v) is 4.68. The van der Waals surface area contributed by atoms with E-state index in [-0.39, 0.29) is 0 Å². The highest BCUT2D eigenvalue weighted by atomic mass is 32.1. The molecular formula is C13H23N3S. The maximum Gasteiger partial charge on any atom is 0.110 e. The van der Waals surface area contributed by atoms with E-state index in [1.165, 1.54) is 24.4 Å². The average Bonchev–Trinajstić information content (AvgIpc) is 2.64. The molecule has 1 fully saturated rings. The van der Waals surface area contributed by atoms with Crippen molar-refractivity contribution in [2.24, 2.45) is 0 Å². The summed E-state index contributed by atoms with van der Waals surface area (Å²) in [7, 11) is 0. The first kappa shape index (κ1) is 13.0. The van der Waals surface area contributed by atoms with Crippen molar-refractivity contribution in [2.75, 3.05) is 19.6 Å². The number of rotatable bonds is 3. The molecule has 0 spiro atoms. The molecule has 0 amide bonds. The summed E-state index contributed by atoms with van der Waals surface area (Å²) in [6.07, 6.45) is 2.45. The zero-order chi connectivity index (χ0) is 12.3. The second-order valence-corrected chi connectivity index (χ2v) is 5.80. The number of hydrogen-bond donors (Lipinski definition) is 1. The second-order valence-electron chi connectivity index (χ2n) is 4.91. The van der Waals surface area contributed by atoms with Gasteiger partial charge in [-0.2, -0.15) is 0 Å². The Morgan fingerprint density at radius 3 is 3.12 bits per heavy atom. The summed E-state index contributed by atoms with van der Waals surface area (Å²) in [5, 5.41) is 7.03. The highest BCUT2D eigenvalue weighted by molar-refractivity contribution is 7.09. The lowest BCUT2D eigenvalue weighted by atomic mass is 10.2. The van der Waals surface area contributed by atoms with Crippen LogP contribution >= 0.6 is 11.3 Å². The number of nitrogens with zero attached hydrogens (tertiary/aromatic N) is 2. The second kappa shape index (κ2) is 5.94. The van der Waals surface area contributed by atoms with Gasteiger partial charge in [0.15, 0.2) is 0 Å². The minimum Gasteiger partial charge on any atom is -0.313 e. The van der Waals surface area contributed by atoms with E-state index in [4.69, 9.17) is 0 Å². The van der Waals surface area contributed by atoms with E-state index in [1.807, 2.05) is 0 Å². The van der Waals surface area contributed by atoms with Gasteiger partial charge < -0.3 is 5.32 Å². The van der Waals surface area contributed by atoms with E-state index in [0.29, 0.717) is 12.1 Å². The summed E-state index contributed by atoms with van der Waals surface area (Å²) in [4.78, 5) is 7.20. The van der Waals surface area contributed by atoms with Crippen LogP contribution in [0, 0.1) is 6.92 Å². The van der Waals surface area contributed by atoms with E-state index in [1.54, 1.807) is 11.3 Å². The molecular weight excluding hydrogens is 230 g/mol. The molecule has 0 saturated carbocycles. The Balaban J connectivity index is 2.04. The molecule has 0 aromatic carbocycles. The topological polar surface area (TPSA) is 28.2 Å². The molecule has 1 saturated heterocycles. The van der Waals surface area contributed by atoms with Crippen molar-refractivity contribution >= 4 is 11.3 Å². The Labute approximate surface area is 108 Å². The molecule has 0 radical (unpaired) electrons. The largest absolute Gasteiger partial charge is 0.313 e. The first-order valence-electron chi connectivity index (χ1n) is 6.60. The molecule has 2 atom stereocenters. The Hall–Kier alpha value is -0.450. The van der Waals surface area contributed by atoms with Crippen LogP contribution in [0.1, 0.15) is 43.4 Å². The quantitative estimate of drug-likeness (QED) is 0.897. The molecule has 0 bridgehead atoms. The lowest BCUT2D eigenvalue weighted by Gasteiger charge is -2.28. The molecule has 1 aliphatic rings. The normalized spacial score (nSPS) is 24.5. The van der Waals surface area contributed by atoms with E-state index in [2.05, 4.69) is 41.4 Å². The number of aryl methyl sites for hydroxylation is 1. The highest BCUT2D eigenvalue weighted by Crippen LogP contribution is 2.24. The van der Waals surface area contributed by atoms with Gasteiger partial charge in [-0.15, -0.1) is 11.3 Å². The van der Waals surface area contributed by atoms with E-state index < -0.39 is 0 Å². The summed E-state index contributed by atoms with van der Waals surface area (Å²) >= 11 is 1.79. The molecule has 2 rings (SSSR count). The van der Waals surface area contributed by atoms with Crippen LogP contribution in [0.2, 0.25) is 0 Å². The minimum atomic E-state index is 0.461. The maximum atomic E-state index is 4.62. The Bertz CT molecular complexity index is 350. The fourth-order valence-corrected chi connectivity index (χ4v) is 3.26. The Morgan fingerprint density at radius 1 is 1.65 bits per heavy atom. The van der Waals surface area contributed by atoms with Crippen molar-refractivity contribution in [3.05, 3.63) is 16.1 Å². The van der Waals surface area contributed by atoms with Crippen molar-refractivity contribution in [1.29, 1.82) is 0 Å². The standard InChI is InChI=1S/C13H23N3S/c1-4-12-8-16(7-5-6-14-12)11(3)13-15-10(2)9-17-13/h9,11-12,14H,4-8H2,1-3H3. The molecule has 2 heterocycles. The maximum absolute atomic E-state index is 4.62. The van der Waals surface area contributed by atoms with Gasteiger partial charge in [0, 0.05) is 30.2 Å². The molecule has 1 aromatic heterocycles. The summed E-state index contributed by atoms with van der Waals surface area (Å²) < 4.78 is 0. The van der Waals surface area contributed by atoms with Crippen LogP contribution in [-0.2, 0) is 0 Å². The molecule has 2 unspecified atom stereocenters. The average molecular weight is 253 g/mol. The molecule has 1 N–H and O–H groups in total. The fraction of sp³-hybridized carbons (Fsp3) is 0.769. The van der Waals surface area contributed by atoms with Gasteiger partial charge in [-0.05, 0) is 33.2 Å². The van der Waals surface area contributed by atoms with Crippen molar-refractivity contribution < 1.29 is 0 Å². The third kappa shape index (κ3) is 3.27. The lowest BCUT2D eigenvalue weighted by molar-refractivity contribution is 0.205. The first-order valence-corrected chi connectivity index (χ1v) is 7.48. The lowest BCUT2D eigenvalue weighted by Crippen LogP contribution is -2.38. The predicted molar refractivity (Wildman–Crippen MR) is 73.5 cm³/mol. The van der Waals surface area contributed by atoms with Crippen molar-refractivity contribution in [3.8, 4) is 0 Å². The van der Waals surface area contributed by atoms with Crippen molar-refractivity contribution in [3.63, 3.8) is 0 Å². The van der Waals surface area contributed by atoms with Gasteiger partial charge in [0.1, 0.15) is 5.01 Å². The third-order valence-electron chi connectivity index (χ3n) is 3.54. The van der Waals surface area contributed by atoms with Gasteiger partial charge in [0.05, 0.1) is 6.04 Å². The van der Waals surface area contributed by atoms with Crippen LogP contribution in [0.5, 0.6) is 0 Å². The highest BCUT2D eigenvalue weighted by Gasteiger charge is 2.23. The van der Waals surface area contributed by atoms with Gasteiger partial charge in [0.25, 0.3) is 0 Å². The van der Waals surface area contributed by atoms with E-state index in [9.17, 15) is 0 Å². The fourth-order valence-electron chi connectivity index (χ4n) is 2.37. The summed E-state index contributed by atoms with van der Waals surface area (Å²) in [6.45, 7) is 10.1.